The number of nitro groups is 1. The molecule has 1 amide bonds. The van der Waals surface area contributed by atoms with Gasteiger partial charge in [-0.3, -0.25) is 14.9 Å². The van der Waals surface area contributed by atoms with Gasteiger partial charge in [-0.05, 0) is 41.6 Å². The van der Waals surface area contributed by atoms with Crippen molar-refractivity contribution in [1.82, 2.24) is 5.32 Å². The third kappa shape index (κ3) is 4.52. The summed E-state index contributed by atoms with van der Waals surface area (Å²) in [5.74, 6) is -0.529. The summed E-state index contributed by atoms with van der Waals surface area (Å²) in [5.41, 5.74) is -0.776. The second kappa shape index (κ2) is 7.64. The Morgan fingerprint density at radius 2 is 1.96 bits per heavy atom. The molecular formula is C17H9ClF3N3O3S. The molecule has 0 aliphatic carbocycles. The van der Waals surface area contributed by atoms with Crippen molar-refractivity contribution in [2.75, 3.05) is 0 Å². The fourth-order valence-electron chi connectivity index (χ4n) is 2.24. The molecule has 1 N–H and O–H groups in total. The van der Waals surface area contributed by atoms with Crippen LogP contribution in [-0.4, -0.2) is 16.0 Å². The van der Waals surface area contributed by atoms with E-state index in [0.29, 0.717) is 5.56 Å². The minimum Gasteiger partial charge on any atom is -0.300 e. The van der Waals surface area contributed by atoms with Gasteiger partial charge in [-0.2, -0.15) is 13.2 Å². The van der Waals surface area contributed by atoms with Gasteiger partial charge < -0.3 is 5.32 Å². The quantitative estimate of drug-likeness (QED) is 0.416. The van der Waals surface area contributed by atoms with Gasteiger partial charge in [0.25, 0.3) is 11.6 Å². The van der Waals surface area contributed by atoms with Gasteiger partial charge in [0.2, 0.25) is 0 Å². The molecule has 1 aliphatic rings. The minimum absolute atomic E-state index is 0.00790. The maximum absolute atomic E-state index is 12.8. The van der Waals surface area contributed by atoms with Crippen LogP contribution in [0.25, 0.3) is 6.08 Å². The van der Waals surface area contributed by atoms with Crippen molar-refractivity contribution in [2.45, 2.75) is 6.18 Å². The van der Waals surface area contributed by atoms with Gasteiger partial charge in [-0.15, -0.1) is 0 Å². The van der Waals surface area contributed by atoms with E-state index < -0.39 is 22.6 Å². The average Bonchev–Trinajstić information content (AvgIpc) is 2.95. The fourth-order valence-corrected chi connectivity index (χ4v) is 3.24. The van der Waals surface area contributed by atoms with E-state index in [1.54, 1.807) is 6.07 Å². The summed E-state index contributed by atoms with van der Waals surface area (Å²) in [5, 5.41) is 13.3. The second-order valence-corrected chi connectivity index (χ2v) is 6.94. The van der Waals surface area contributed by atoms with Crippen LogP contribution < -0.4 is 5.32 Å². The Labute approximate surface area is 165 Å². The zero-order valence-corrected chi connectivity index (χ0v) is 15.2. The average molecular weight is 428 g/mol. The summed E-state index contributed by atoms with van der Waals surface area (Å²) < 4.78 is 38.5. The number of nitrogens with zero attached hydrogens (tertiary/aromatic N) is 2. The summed E-state index contributed by atoms with van der Waals surface area (Å²) >= 11 is 6.78. The zero-order chi connectivity index (χ0) is 20.5. The predicted octanol–water partition coefficient (Wildman–Crippen LogP) is 5.16. The smallest absolute Gasteiger partial charge is 0.300 e. The molecule has 3 rings (SSSR count). The van der Waals surface area contributed by atoms with Crippen LogP contribution in [0.15, 0.2) is 52.4 Å². The Morgan fingerprint density at radius 1 is 1.21 bits per heavy atom. The number of carbonyl (C=O) groups is 1. The normalized spacial score (nSPS) is 17.2. The number of halogens is 4. The number of aliphatic imine (C=N–C) groups is 1. The van der Waals surface area contributed by atoms with Gasteiger partial charge in [0, 0.05) is 12.1 Å². The number of non-ortho nitro benzene ring substituents is 1. The molecule has 1 heterocycles. The first-order chi connectivity index (χ1) is 13.1. The first-order valence-corrected chi connectivity index (χ1v) is 8.74. The summed E-state index contributed by atoms with van der Waals surface area (Å²) in [4.78, 5) is 26.5. The lowest BCUT2D eigenvalue weighted by molar-refractivity contribution is -0.384. The highest BCUT2D eigenvalue weighted by Crippen LogP contribution is 2.36. The molecule has 0 saturated carbocycles. The maximum atomic E-state index is 12.8. The summed E-state index contributed by atoms with van der Waals surface area (Å²) in [6.07, 6.45) is -3.14. The Balaban J connectivity index is 1.89. The van der Waals surface area contributed by atoms with Crippen molar-refractivity contribution in [3.05, 3.63) is 73.6 Å². The summed E-state index contributed by atoms with van der Waals surface area (Å²) in [7, 11) is 0. The number of amides is 1. The summed E-state index contributed by atoms with van der Waals surface area (Å²) in [6.45, 7) is 0. The third-order valence-corrected chi connectivity index (χ3v) is 4.75. The Bertz CT molecular complexity index is 1040. The second-order valence-electron chi connectivity index (χ2n) is 5.50. The number of carbonyl (C=O) groups excluding carboxylic acids is 1. The lowest BCUT2D eigenvalue weighted by Crippen LogP contribution is -2.19. The molecule has 1 saturated heterocycles. The molecule has 11 heteroatoms. The number of benzene rings is 2. The number of nitro benzene ring substituents is 1. The van der Waals surface area contributed by atoms with E-state index in [9.17, 15) is 28.1 Å². The van der Waals surface area contributed by atoms with E-state index in [4.69, 9.17) is 11.6 Å². The lowest BCUT2D eigenvalue weighted by Gasteiger charge is -2.08. The van der Waals surface area contributed by atoms with Crippen molar-refractivity contribution in [1.29, 1.82) is 0 Å². The maximum Gasteiger partial charge on any atom is 0.416 e. The highest BCUT2D eigenvalue weighted by Gasteiger charge is 2.31. The lowest BCUT2D eigenvalue weighted by atomic mass is 10.2. The van der Waals surface area contributed by atoms with E-state index in [1.165, 1.54) is 24.3 Å². The van der Waals surface area contributed by atoms with Crippen molar-refractivity contribution >= 4 is 51.9 Å². The molecule has 2 aromatic carbocycles. The van der Waals surface area contributed by atoms with E-state index in [1.807, 2.05) is 0 Å². The number of thioether (sulfide) groups is 1. The van der Waals surface area contributed by atoms with Crippen LogP contribution in [0, 0.1) is 10.1 Å². The van der Waals surface area contributed by atoms with Gasteiger partial charge in [-0.1, -0.05) is 23.7 Å². The molecule has 0 aromatic heterocycles. The topological polar surface area (TPSA) is 84.6 Å². The van der Waals surface area contributed by atoms with Crippen LogP contribution in [0.5, 0.6) is 0 Å². The standard InChI is InChI=1S/C17H9ClF3N3O3S/c18-12-5-4-10(17(19,20)21)8-13(12)22-16-23-15(25)14(28-16)7-9-2-1-3-11(6-9)24(26)27/h1-8H,(H,22,23,25)/b14-7-. The molecule has 28 heavy (non-hydrogen) atoms. The number of alkyl halides is 3. The number of nitrogens with one attached hydrogen (secondary N) is 1. The molecule has 0 atom stereocenters. The molecule has 0 spiro atoms. The van der Waals surface area contributed by atoms with Crippen LogP contribution in [0.4, 0.5) is 24.5 Å². The van der Waals surface area contributed by atoms with E-state index in [-0.39, 0.29) is 26.5 Å². The van der Waals surface area contributed by atoms with Gasteiger partial charge in [0.1, 0.15) is 0 Å². The van der Waals surface area contributed by atoms with Gasteiger partial charge in [0.05, 0.1) is 26.1 Å². The van der Waals surface area contributed by atoms with Crippen LogP contribution >= 0.6 is 23.4 Å². The molecular weight excluding hydrogens is 419 g/mol. The van der Waals surface area contributed by atoms with Gasteiger partial charge in [0.15, 0.2) is 5.17 Å². The first-order valence-electron chi connectivity index (χ1n) is 7.54. The largest absolute Gasteiger partial charge is 0.416 e. The van der Waals surface area contributed by atoms with Crippen molar-refractivity contribution < 1.29 is 22.9 Å². The van der Waals surface area contributed by atoms with Crippen LogP contribution in [0.3, 0.4) is 0 Å². The van der Waals surface area contributed by atoms with E-state index in [0.717, 1.165) is 30.0 Å². The van der Waals surface area contributed by atoms with Crippen molar-refractivity contribution in [2.24, 2.45) is 4.99 Å². The number of hydrogen-bond donors (Lipinski definition) is 1. The predicted molar refractivity (Wildman–Crippen MR) is 100 cm³/mol. The highest BCUT2D eigenvalue weighted by molar-refractivity contribution is 8.18. The molecule has 0 unspecified atom stereocenters. The number of amidine groups is 1. The number of hydrogen-bond acceptors (Lipinski definition) is 5. The van der Waals surface area contributed by atoms with Crippen molar-refractivity contribution in [3.8, 4) is 0 Å². The fraction of sp³-hybridized carbons (Fsp3) is 0.0588. The molecule has 144 valence electrons. The molecule has 1 aliphatic heterocycles. The van der Waals surface area contributed by atoms with Gasteiger partial charge >= 0.3 is 6.18 Å². The van der Waals surface area contributed by atoms with E-state index >= 15 is 0 Å². The van der Waals surface area contributed by atoms with Crippen LogP contribution in [0.2, 0.25) is 5.02 Å². The van der Waals surface area contributed by atoms with E-state index in [2.05, 4.69) is 10.3 Å². The van der Waals surface area contributed by atoms with Gasteiger partial charge in [-0.25, -0.2) is 4.99 Å². The monoisotopic (exact) mass is 427 g/mol. The molecule has 0 bridgehead atoms. The Hall–Kier alpha value is -2.85. The molecule has 2 aromatic rings. The minimum atomic E-state index is -4.56. The summed E-state index contributed by atoms with van der Waals surface area (Å²) in [6, 6.07) is 8.34. The molecule has 6 nitrogen and oxygen atoms in total. The molecule has 0 radical (unpaired) electrons. The number of rotatable bonds is 3. The Morgan fingerprint density at radius 3 is 2.64 bits per heavy atom. The SMILES string of the molecule is O=C1NC(=Nc2cc(C(F)(F)F)ccc2Cl)S/C1=C\c1cccc([N+](=O)[O-])c1. The Kier molecular flexibility index (Phi) is 5.43. The third-order valence-electron chi connectivity index (χ3n) is 3.53. The van der Waals surface area contributed by atoms with Crippen molar-refractivity contribution in [3.63, 3.8) is 0 Å². The molecule has 1 fully saturated rings. The van der Waals surface area contributed by atoms with Crippen LogP contribution in [-0.2, 0) is 11.0 Å². The zero-order valence-electron chi connectivity index (χ0n) is 13.7. The van der Waals surface area contributed by atoms with Crippen LogP contribution in [0.1, 0.15) is 11.1 Å². The first kappa shape index (κ1) is 19.9. The highest BCUT2D eigenvalue weighted by atomic mass is 35.5.